The van der Waals surface area contributed by atoms with Gasteiger partial charge in [-0.25, -0.2) is 16.8 Å². The first kappa shape index (κ1) is 21.3. The maximum atomic E-state index is 13.4. The van der Waals surface area contributed by atoms with Gasteiger partial charge in [-0.3, -0.25) is 0 Å². The van der Waals surface area contributed by atoms with Gasteiger partial charge in [-0.05, 0) is 55.0 Å². The van der Waals surface area contributed by atoms with E-state index in [1.54, 1.807) is 37.3 Å². The maximum absolute atomic E-state index is 13.4. The SMILES string of the molecule is COc1cc(C)c(S(=O)(=O)[C@H]2CS(=O)(=O)C[C@@H]2NCCc2cccs2)cc1C. The molecular formula is C19H25NO5S3. The van der Waals surface area contributed by atoms with E-state index < -0.39 is 31.0 Å². The van der Waals surface area contributed by atoms with Crippen molar-refractivity contribution in [3.05, 3.63) is 45.6 Å². The van der Waals surface area contributed by atoms with Gasteiger partial charge < -0.3 is 10.1 Å². The number of aryl methyl sites for hydroxylation is 2. The Morgan fingerprint density at radius 3 is 2.61 bits per heavy atom. The molecule has 2 atom stereocenters. The number of hydrogen-bond acceptors (Lipinski definition) is 7. The third-order valence-electron chi connectivity index (χ3n) is 5.06. The van der Waals surface area contributed by atoms with Crippen molar-refractivity contribution in [3.8, 4) is 5.75 Å². The molecule has 9 heteroatoms. The summed E-state index contributed by atoms with van der Waals surface area (Å²) in [5.41, 5.74) is 1.26. The van der Waals surface area contributed by atoms with Gasteiger partial charge in [0, 0.05) is 17.5 Å². The van der Waals surface area contributed by atoms with Crippen LogP contribution < -0.4 is 10.1 Å². The van der Waals surface area contributed by atoms with Gasteiger partial charge in [0.15, 0.2) is 19.7 Å². The number of nitrogens with one attached hydrogen (secondary N) is 1. The average Bonchev–Trinajstić information content (AvgIpc) is 3.24. The highest BCUT2D eigenvalue weighted by Gasteiger charge is 2.46. The third kappa shape index (κ3) is 4.42. The maximum Gasteiger partial charge on any atom is 0.184 e. The first-order valence-electron chi connectivity index (χ1n) is 8.99. The summed E-state index contributed by atoms with van der Waals surface area (Å²) in [6, 6.07) is 6.62. The van der Waals surface area contributed by atoms with Crippen LogP contribution in [0.25, 0.3) is 0 Å². The molecule has 6 nitrogen and oxygen atoms in total. The monoisotopic (exact) mass is 443 g/mol. The zero-order chi connectivity index (χ0) is 20.5. The van der Waals surface area contributed by atoms with Crippen LogP contribution in [-0.4, -0.2) is 53.3 Å². The normalized spacial score (nSPS) is 21.7. The van der Waals surface area contributed by atoms with Crippen LogP contribution in [-0.2, 0) is 26.1 Å². The summed E-state index contributed by atoms with van der Waals surface area (Å²) in [5.74, 6) is 0.104. The molecule has 1 N–H and O–H groups in total. The Hall–Kier alpha value is -1.42. The van der Waals surface area contributed by atoms with Gasteiger partial charge in [-0.2, -0.15) is 0 Å². The van der Waals surface area contributed by atoms with Crippen molar-refractivity contribution in [1.29, 1.82) is 0 Å². The van der Waals surface area contributed by atoms with Gasteiger partial charge in [0.2, 0.25) is 0 Å². The number of thiophene rings is 1. The van der Waals surface area contributed by atoms with E-state index in [1.807, 2.05) is 17.5 Å². The number of ether oxygens (including phenoxy) is 1. The molecule has 0 radical (unpaired) electrons. The summed E-state index contributed by atoms with van der Waals surface area (Å²) in [6.45, 7) is 4.02. The lowest BCUT2D eigenvalue weighted by molar-refractivity contribution is 0.411. The van der Waals surface area contributed by atoms with E-state index in [0.717, 1.165) is 6.42 Å². The van der Waals surface area contributed by atoms with Gasteiger partial charge in [-0.15, -0.1) is 11.3 Å². The van der Waals surface area contributed by atoms with Crippen LogP contribution in [0, 0.1) is 13.8 Å². The van der Waals surface area contributed by atoms with Crippen molar-refractivity contribution in [1.82, 2.24) is 5.32 Å². The van der Waals surface area contributed by atoms with Crippen molar-refractivity contribution in [2.75, 3.05) is 25.2 Å². The molecule has 154 valence electrons. The molecule has 1 aliphatic rings. The molecule has 1 fully saturated rings. The Balaban J connectivity index is 1.86. The lowest BCUT2D eigenvalue weighted by Crippen LogP contribution is -2.44. The summed E-state index contributed by atoms with van der Waals surface area (Å²) in [7, 11) is -5.70. The van der Waals surface area contributed by atoms with Crippen molar-refractivity contribution in [3.63, 3.8) is 0 Å². The fraction of sp³-hybridized carbons (Fsp3) is 0.474. The molecule has 0 unspecified atom stereocenters. The number of benzene rings is 1. The van der Waals surface area contributed by atoms with E-state index in [4.69, 9.17) is 4.74 Å². The third-order valence-corrected chi connectivity index (χ3v) is 10.3. The topological polar surface area (TPSA) is 89.5 Å². The molecule has 0 aliphatic carbocycles. The predicted molar refractivity (Wildman–Crippen MR) is 112 cm³/mol. The van der Waals surface area contributed by atoms with Gasteiger partial charge in [0.05, 0.1) is 28.8 Å². The van der Waals surface area contributed by atoms with Crippen LogP contribution in [0.1, 0.15) is 16.0 Å². The summed E-state index contributed by atoms with van der Waals surface area (Å²) in [6.07, 6.45) is 0.738. The van der Waals surface area contributed by atoms with Gasteiger partial charge in [-0.1, -0.05) is 6.07 Å². The highest BCUT2D eigenvalue weighted by atomic mass is 32.2. The lowest BCUT2D eigenvalue weighted by atomic mass is 10.1. The summed E-state index contributed by atoms with van der Waals surface area (Å²) >= 11 is 1.63. The molecule has 0 spiro atoms. The molecule has 0 bridgehead atoms. The Morgan fingerprint density at radius 2 is 1.96 bits per heavy atom. The Morgan fingerprint density at radius 1 is 1.21 bits per heavy atom. The minimum absolute atomic E-state index is 0.157. The quantitative estimate of drug-likeness (QED) is 0.705. The van der Waals surface area contributed by atoms with E-state index in [1.165, 1.54) is 12.0 Å². The first-order valence-corrected chi connectivity index (χ1v) is 13.2. The van der Waals surface area contributed by atoms with Crippen LogP contribution in [0.4, 0.5) is 0 Å². The van der Waals surface area contributed by atoms with Crippen molar-refractivity contribution in [2.24, 2.45) is 0 Å². The van der Waals surface area contributed by atoms with E-state index in [-0.39, 0.29) is 16.4 Å². The predicted octanol–water partition coefficient (Wildman–Crippen LogP) is 2.15. The molecule has 1 saturated heterocycles. The summed E-state index contributed by atoms with van der Waals surface area (Å²) in [5, 5.41) is 4.17. The standard InChI is InChI=1S/C19H25NO5S3/c1-13-10-18(14(2)9-17(13)25-3)28(23,24)19-12-27(21,22)11-16(19)20-7-6-15-5-4-8-26-15/h4-5,8-10,16,19-20H,6-7,11-12H2,1-3H3/t16-,19-/m0/s1. The van der Waals surface area contributed by atoms with E-state index in [9.17, 15) is 16.8 Å². The Kier molecular flexibility index (Phi) is 6.19. The van der Waals surface area contributed by atoms with Crippen molar-refractivity contribution in [2.45, 2.75) is 36.5 Å². The molecular weight excluding hydrogens is 418 g/mol. The van der Waals surface area contributed by atoms with Gasteiger partial charge in [0.1, 0.15) is 5.75 Å². The van der Waals surface area contributed by atoms with Crippen LogP contribution in [0.2, 0.25) is 0 Å². The smallest absolute Gasteiger partial charge is 0.184 e. The van der Waals surface area contributed by atoms with Crippen LogP contribution in [0.3, 0.4) is 0 Å². The second-order valence-electron chi connectivity index (χ2n) is 7.14. The van der Waals surface area contributed by atoms with E-state index in [0.29, 0.717) is 23.4 Å². The number of sulfone groups is 2. The van der Waals surface area contributed by atoms with Gasteiger partial charge >= 0.3 is 0 Å². The van der Waals surface area contributed by atoms with E-state index >= 15 is 0 Å². The molecule has 1 aliphatic heterocycles. The zero-order valence-electron chi connectivity index (χ0n) is 16.1. The molecule has 2 heterocycles. The molecule has 28 heavy (non-hydrogen) atoms. The minimum atomic E-state index is -3.82. The van der Waals surface area contributed by atoms with Crippen molar-refractivity contribution >= 4 is 31.0 Å². The first-order chi connectivity index (χ1) is 13.1. The van der Waals surface area contributed by atoms with Crippen LogP contribution >= 0.6 is 11.3 Å². The van der Waals surface area contributed by atoms with Gasteiger partial charge in [0.25, 0.3) is 0 Å². The molecule has 0 saturated carbocycles. The number of hydrogen-bond donors (Lipinski definition) is 1. The number of methoxy groups -OCH3 is 1. The average molecular weight is 444 g/mol. The summed E-state index contributed by atoms with van der Waals surface area (Å²) in [4.78, 5) is 1.35. The fourth-order valence-electron chi connectivity index (χ4n) is 3.60. The highest BCUT2D eigenvalue weighted by Crippen LogP contribution is 2.31. The molecule has 1 aromatic heterocycles. The molecule has 3 rings (SSSR count). The van der Waals surface area contributed by atoms with Crippen molar-refractivity contribution < 1.29 is 21.6 Å². The molecule has 1 aromatic carbocycles. The largest absolute Gasteiger partial charge is 0.496 e. The lowest BCUT2D eigenvalue weighted by Gasteiger charge is -2.21. The fourth-order valence-corrected chi connectivity index (χ4v) is 9.34. The zero-order valence-corrected chi connectivity index (χ0v) is 18.6. The summed E-state index contributed by atoms with van der Waals surface area (Å²) < 4.78 is 56.5. The second kappa shape index (κ2) is 8.14. The Bertz CT molecular complexity index is 1040. The minimum Gasteiger partial charge on any atom is -0.496 e. The van der Waals surface area contributed by atoms with Crippen LogP contribution in [0.15, 0.2) is 34.5 Å². The molecule has 0 amide bonds. The second-order valence-corrected chi connectivity index (χ2v) is 12.5. The highest BCUT2D eigenvalue weighted by molar-refractivity contribution is 7.96. The molecule has 2 aromatic rings. The number of rotatable bonds is 7. The Labute approximate surface area is 170 Å². The van der Waals surface area contributed by atoms with Crippen LogP contribution in [0.5, 0.6) is 5.75 Å². The van der Waals surface area contributed by atoms with E-state index in [2.05, 4.69) is 5.32 Å².